The van der Waals surface area contributed by atoms with Crippen molar-refractivity contribution >= 4 is 12.1 Å². The summed E-state index contributed by atoms with van der Waals surface area (Å²) in [5, 5.41) is 11.7. The molecule has 0 fully saturated rings. The molecule has 0 spiro atoms. The number of amides is 1. The largest absolute Gasteiger partial charge is 0.480 e. The zero-order valence-corrected chi connectivity index (χ0v) is 15.3. The number of alkyl carbamates (subject to hydrolysis) is 1. The van der Waals surface area contributed by atoms with E-state index in [-0.39, 0.29) is 12.5 Å². The van der Waals surface area contributed by atoms with E-state index in [0.29, 0.717) is 6.61 Å². The van der Waals surface area contributed by atoms with Crippen LogP contribution in [0.15, 0.2) is 48.5 Å². The zero-order valence-electron chi connectivity index (χ0n) is 15.3. The fourth-order valence-electron chi connectivity index (χ4n) is 3.51. The number of ether oxygens (including phenoxy) is 2. The second-order valence-corrected chi connectivity index (χ2v) is 6.45. The number of nitrogens with one attached hydrogen (secondary N) is 1. The fraction of sp³-hybridized carbons (Fsp3) is 0.333. The van der Waals surface area contributed by atoms with Gasteiger partial charge in [0.05, 0.1) is 6.10 Å². The van der Waals surface area contributed by atoms with Crippen LogP contribution in [0.1, 0.15) is 30.9 Å². The summed E-state index contributed by atoms with van der Waals surface area (Å²) in [4.78, 5) is 23.6. The Morgan fingerprint density at radius 3 is 2.15 bits per heavy atom. The van der Waals surface area contributed by atoms with Gasteiger partial charge in [-0.15, -0.1) is 0 Å². The molecule has 0 aliphatic heterocycles. The summed E-state index contributed by atoms with van der Waals surface area (Å²) in [6.07, 6.45) is -1.43. The number of aliphatic carboxylic acids is 1. The second-order valence-electron chi connectivity index (χ2n) is 6.45. The number of carbonyl (C=O) groups excluding carboxylic acids is 1. The van der Waals surface area contributed by atoms with Crippen LogP contribution in [-0.2, 0) is 14.3 Å². The molecule has 0 saturated heterocycles. The Morgan fingerprint density at radius 1 is 1.07 bits per heavy atom. The van der Waals surface area contributed by atoms with E-state index < -0.39 is 24.2 Å². The van der Waals surface area contributed by atoms with Gasteiger partial charge in [0.25, 0.3) is 0 Å². The first-order valence-electron chi connectivity index (χ1n) is 8.98. The molecule has 2 unspecified atom stereocenters. The lowest BCUT2D eigenvalue weighted by Crippen LogP contribution is -2.49. The van der Waals surface area contributed by atoms with Gasteiger partial charge >= 0.3 is 12.1 Å². The molecule has 6 nitrogen and oxygen atoms in total. The van der Waals surface area contributed by atoms with E-state index in [1.807, 2.05) is 36.4 Å². The molecule has 1 aliphatic rings. The smallest absolute Gasteiger partial charge is 0.407 e. The lowest BCUT2D eigenvalue weighted by atomic mass is 9.98. The van der Waals surface area contributed by atoms with Gasteiger partial charge in [-0.2, -0.15) is 0 Å². The molecule has 2 atom stereocenters. The summed E-state index contributed by atoms with van der Waals surface area (Å²) in [5.41, 5.74) is 4.47. The number of hydrogen-bond acceptors (Lipinski definition) is 4. The molecule has 1 aliphatic carbocycles. The maximum Gasteiger partial charge on any atom is 0.407 e. The highest BCUT2D eigenvalue weighted by Gasteiger charge is 2.31. The molecule has 0 radical (unpaired) electrons. The van der Waals surface area contributed by atoms with Crippen LogP contribution in [0.2, 0.25) is 0 Å². The molecule has 6 heteroatoms. The third kappa shape index (κ3) is 3.95. The van der Waals surface area contributed by atoms with Crippen molar-refractivity contribution in [3.63, 3.8) is 0 Å². The van der Waals surface area contributed by atoms with E-state index in [0.717, 1.165) is 22.3 Å². The van der Waals surface area contributed by atoms with Crippen LogP contribution >= 0.6 is 0 Å². The van der Waals surface area contributed by atoms with Gasteiger partial charge in [0.15, 0.2) is 6.04 Å². The van der Waals surface area contributed by atoms with Crippen LogP contribution in [0.3, 0.4) is 0 Å². The Balaban J connectivity index is 1.69. The Kier molecular flexibility index (Phi) is 5.76. The molecule has 2 N–H and O–H groups in total. The molecule has 3 rings (SSSR count). The molecule has 1 amide bonds. The average molecular weight is 369 g/mol. The van der Waals surface area contributed by atoms with Gasteiger partial charge in [0.2, 0.25) is 0 Å². The summed E-state index contributed by atoms with van der Waals surface area (Å²) in [5.74, 6) is -1.24. The highest BCUT2D eigenvalue weighted by Crippen LogP contribution is 2.44. The summed E-state index contributed by atoms with van der Waals surface area (Å²) < 4.78 is 10.7. The maximum atomic E-state index is 12.2. The van der Waals surface area contributed by atoms with Crippen LogP contribution in [-0.4, -0.2) is 42.5 Å². The van der Waals surface area contributed by atoms with Crippen LogP contribution < -0.4 is 5.32 Å². The first kappa shape index (κ1) is 18.9. The number of carboxylic acids is 1. The molecule has 2 aromatic carbocycles. The molecule has 142 valence electrons. The Hall–Kier alpha value is -2.86. The minimum atomic E-state index is -1.17. The van der Waals surface area contributed by atoms with Gasteiger partial charge in [0, 0.05) is 12.5 Å². The molecular weight excluding hydrogens is 346 g/mol. The number of benzene rings is 2. The zero-order chi connectivity index (χ0) is 19.4. The summed E-state index contributed by atoms with van der Waals surface area (Å²) >= 11 is 0. The normalized spacial score (nSPS) is 14.7. The Labute approximate surface area is 158 Å². The van der Waals surface area contributed by atoms with Crippen LogP contribution in [0.5, 0.6) is 0 Å². The molecule has 0 bridgehead atoms. The number of rotatable bonds is 7. The van der Waals surface area contributed by atoms with Crippen molar-refractivity contribution in [3.8, 4) is 11.1 Å². The van der Waals surface area contributed by atoms with Crippen molar-refractivity contribution in [1.29, 1.82) is 0 Å². The van der Waals surface area contributed by atoms with E-state index in [9.17, 15) is 14.7 Å². The third-order valence-corrected chi connectivity index (χ3v) is 4.78. The number of fused-ring (bicyclic) bond motifs is 3. The predicted octanol–water partition coefficient (Wildman–Crippen LogP) is 3.40. The lowest BCUT2D eigenvalue weighted by Gasteiger charge is -2.21. The molecule has 0 saturated carbocycles. The first-order valence-corrected chi connectivity index (χ1v) is 8.98. The monoisotopic (exact) mass is 369 g/mol. The lowest BCUT2D eigenvalue weighted by molar-refractivity contribution is -0.143. The summed E-state index contributed by atoms with van der Waals surface area (Å²) in [6, 6.07) is 14.9. The van der Waals surface area contributed by atoms with Gasteiger partial charge in [-0.3, -0.25) is 0 Å². The van der Waals surface area contributed by atoms with Crippen molar-refractivity contribution in [2.24, 2.45) is 0 Å². The first-order chi connectivity index (χ1) is 13.0. The van der Waals surface area contributed by atoms with Gasteiger partial charge in [-0.05, 0) is 36.1 Å². The minimum Gasteiger partial charge on any atom is -0.480 e. The second kappa shape index (κ2) is 8.22. The highest BCUT2D eigenvalue weighted by atomic mass is 16.6. The molecule has 0 heterocycles. The summed E-state index contributed by atoms with van der Waals surface area (Å²) in [6.45, 7) is 3.86. The van der Waals surface area contributed by atoms with Crippen molar-refractivity contribution in [2.45, 2.75) is 31.9 Å². The van der Waals surface area contributed by atoms with Crippen LogP contribution in [0.4, 0.5) is 4.79 Å². The van der Waals surface area contributed by atoms with Crippen LogP contribution in [0, 0.1) is 0 Å². The van der Waals surface area contributed by atoms with Gasteiger partial charge in [-0.1, -0.05) is 48.5 Å². The Morgan fingerprint density at radius 2 is 1.63 bits per heavy atom. The average Bonchev–Trinajstić information content (AvgIpc) is 2.98. The number of carboxylic acid groups (broad SMARTS) is 1. The van der Waals surface area contributed by atoms with E-state index in [1.54, 1.807) is 13.8 Å². The quantitative estimate of drug-likeness (QED) is 0.781. The van der Waals surface area contributed by atoms with E-state index in [4.69, 9.17) is 9.47 Å². The topological polar surface area (TPSA) is 84.9 Å². The van der Waals surface area contributed by atoms with Gasteiger partial charge in [0.1, 0.15) is 6.61 Å². The molecule has 27 heavy (non-hydrogen) atoms. The fourth-order valence-corrected chi connectivity index (χ4v) is 3.51. The predicted molar refractivity (Wildman–Crippen MR) is 101 cm³/mol. The van der Waals surface area contributed by atoms with Gasteiger partial charge in [-0.25, -0.2) is 9.59 Å². The van der Waals surface area contributed by atoms with Crippen LogP contribution in [0.25, 0.3) is 11.1 Å². The number of hydrogen-bond donors (Lipinski definition) is 2. The number of carbonyl (C=O) groups is 2. The Bertz CT molecular complexity index is 789. The molecule has 0 aromatic heterocycles. The van der Waals surface area contributed by atoms with Crippen molar-refractivity contribution in [1.82, 2.24) is 5.32 Å². The standard InChI is InChI=1S/C21H23NO5/c1-3-26-13(2)19(20(23)24)22-21(25)27-12-18-16-10-6-4-8-14(16)15-9-5-7-11-17(15)18/h4-11,13,18-19H,3,12H2,1-2H3,(H,22,25)(H,23,24). The van der Waals surface area contributed by atoms with Gasteiger partial charge < -0.3 is 19.9 Å². The van der Waals surface area contributed by atoms with Crippen molar-refractivity contribution < 1.29 is 24.2 Å². The van der Waals surface area contributed by atoms with E-state index in [1.165, 1.54) is 0 Å². The SMILES string of the molecule is CCOC(C)C(NC(=O)OCC1c2ccccc2-c2ccccc21)C(=O)O. The van der Waals surface area contributed by atoms with Crippen molar-refractivity contribution in [3.05, 3.63) is 59.7 Å². The van der Waals surface area contributed by atoms with E-state index >= 15 is 0 Å². The molecule has 2 aromatic rings. The maximum absolute atomic E-state index is 12.2. The highest BCUT2D eigenvalue weighted by molar-refractivity contribution is 5.81. The molecular formula is C21H23NO5. The summed E-state index contributed by atoms with van der Waals surface area (Å²) in [7, 11) is 0. The minimum absolute atomic E-state index is 0.0734. The third-order valence-electron chi connectivity index (χ3n) is 4.78. The van der Waals surface area contributed by atoms with Crippen molar-refractivity contribution in [2.75, 3.05) is 13.2 Å². The van der Waals surface area contributed by atoms with E-state index in [2.05, 4.69) is 17.4 Å².